The molecule has 1 nitrogen and oxygen atoms in total. The van der Waals surface area contributed by atoms with E-state index in [1.54, 1.807) is 18.4 Å². The molecule has 0 N–H and O–H groups in total. The van der Waals surface area contributed by atoms with E-state index in [2.05, 4.69) is 28.1 Å². The molecule has 1 aromatic heterocycles. The van der Waals surface area contributed by atoms with E-state index in [4.69, 9.17) is 16.3 Å². The number of hydrogen-bond donors (Lipinski definition) is 0. The number of hydrogen-bond acceptors (Lipinski definition) is 2. The summed E-state index contributed by atoms with van der Waals surface area (Å²) in [7, 11) is 1.67. The maximum absolute atomic E-state index is 6.43. The minimum atomic E-state index is -0.0424. The summed E-state index contributed by atoms with van der Waals surface area (Å²) in [6.45, 7) is 0. The fourth-order valence-electron chi connectivity index (χ4n) is 1.67. The van der Waals surface area contributed by atoms with Crippen molar-refractivity contribution in [3.63, 3.8) is 0 Å². The molecular formula is C13H12BrClOS. The van der Waals surface area contributed by atoms with Crippen LogP contribution in [0.5, 0.6) is 5.75 Å². The second-order valence-electron chi connectivity index (χ2n) is 3.65. The van der Waals surface area contributed by atoms with Gasteiger partial charge in [-0.15, -0.1) is 22.9 Å². The van der Waals surface area contributed by atoms with Gasteiger partial charge < -0.3 is 4.74 Å². The highest BCUT2D eigenvalue weighted by atomic mass is 79.9. The lowest BCUT2D eigenvalue weighted by Crippen LogP contribution is -1.95. The number of ether oxygens (including phenoxy) is 1. The smallest absolute Gasteiger partial charge is 0.134 e. The molecule has 0 aliphatic heterocycles. The predicted molar refractivity (Wildman–Crippen MR) is 77.3 cm³/mol. The van der Waals surface area contributed by atoms with Crippen LogP contribution in [0.2, 0.25) is 0 Å². The van der Waals surface area contributed by atoms with E-state index in [-0.39, 0.29) is 5.38 Å². The molecule has 90 valence electrons. The third-order valence-electron chi connectivity index (χ3n) is 2.47. The second kappa shape index (κ2) is 5.89. The summed E-state index contributed by atoms with van der Waals surface area (Å²) in [6, 6.07) is 10.2. The van der Waals surface area contributed by atoms with Gasteiger partial charge in [0, 0.05) is 4.47 Å². The number of halogens is 2. The average Bonchev–Trinajstić information content (AvgIpc) is 2.77. The maximum atomic E-state index is 6.43. The van der Waals surface area contributed by atoms with Gasteiger partial charge in [0.05, 0.1) is 17.4 Å². The molecule has 0 radical (unpaired) electrons. The molecule has 0 spiro atoms. The van der Waals surface area contributed by atoms with Crippen molar-refractivity contribution < 1.29 is 4.74 Å². The first kappa shape index (κ1) is 12.9. The Labute approximate surface area is 119 Å². The number of alkyl halides is 1. The Balaban J connectivity index is 2.14. The summed E-state index contributed by atoms with van der Waals surface area (Å²) in [4.78, 5) is 1.09. The molecule has 2 rings (SSSR count). The van der Waals surface area contributed by atoms with Gasteiger partial charge in [-0.05, 0) is 35.6 Å². The summed E-state index contributed by atoms with van der Waals surface area (Å²) in [5.41, 5.74) is 1.22. The van der Waals surface area contributed by atoms with E-state index in [0.717, 1.165) is 21.5 Å². The lowest BCUT2D eigenvalue weighted by atomic mass is 10.1. The maximum Gasteiger partial charge on any atom is 0.134 e. The van der Waals surface area contributed by atoms with Gasteiger partial charge >= 0.3 is 0 Å². The highest BCUT2D eigenvalue weighted by Gasteiger charge is 2.15. The number of benzene rings is 1. The molecule has 17 heavy (non-hydrogen) atoms. The van der Waals surface area contributed by atoms with Crippen LogP contribution in [0.15, 0.2) is 40.2 Å². The number of methoxy groups -OCH3 is 1. The van der Waals surface area contributed by atoms with Gasteiger partial charge in [0.2, 0.25) is 0 Å². The molecule has 0 saturated carbocycles. The largest absolute Gasteiger partial charge is 0.496 e. The summed E-state index contributed by atoms with van der Waals surface area (Å²) in [5.74, 6) is 0.880. The summed E-state index contributed by atoms with van der Waals surface area (Å²) in [5, 5.41) is 1.96. The van der Waals surface area contributed by atoms with Crippen molar-refractivity contribution >= 4 is 38.9 Å². The lowest BCUT2D eigenvalue weighted by Gasteiger charge is -2.10. The van der Waals surface area contributed by atoms with Crippen LogP contribution in [0.1, 0.15) is 15.8 Å². The van der Waals surface area contributed by atoms with Crippen molar-refractivity contribution in [2.45, 2.75) is 11.8 Å². The van der Waals surface area contributed by atoms with Crippen LogP contribution >= 0.6 is 38.9 Å². The minimum absolute atomic E-state index is 0.0424. The van der Waals surface area contributed by atoms with Crippen LogP contribution in [0.25, 0.3) is 0 Å². The van der Waals surface area contributed by atoms with Crippen molar-refractivity contribution in [2.24, 2.45) is 0 Å². The molecule has 1 unspecified atom stereocenters. The summed E-state index contributed by atoms with van der Waals surface area (Å²) in [6.07, 6.45) is 0.803. The third kappa shape index (κ3) is 3.24. The zero-order valence-electron chi connectivity index (χ0n) is 9.32. The Morgan fingerprint density at radius 2 is 2.24 bits per heavy atom. The zero-order chi connectivity index (χ0) is 12.3. The van der Waals surface area contributed by atoms with Gasteiger partial charge in [0.1, 0.15) is 5.75 Å². The van der Waals surface area contributed by atoms with E-state index in [9.17, 15) is 0 Å². The fraction of sp³-hybridized carbons (Fsp3) is 0.231. The van der Waals surface area contributed by atoms with E-state index >= 15 is 0 Å². The minimum Gasteiger partial charge on any atom is -0.496 e. The van der Waals surface area contributed by atoms with E-state index in [0.29, 0.717) is 0 Å². The quantitative estimate of drug-likeness (QED) is 0.713. The first-order valence-electron chi connectivity index (χ1n) is 5.20. The fourth-order valence-corrected chi connectivity index (χ4v) is 3.39. The Morgan fingerprint density at radius 1 is 1.41 bits per heavy atom. The molecule has 0 amide bonds. The van der Waals surface area contributed by atoms with Gasteiger partial charge in [-0.1, -0.05) is 28.1 Å². The normalized spacial score (nSPS) is 12.4. The van der Waals surface area contributed by atoms with Crippen molar-refractivity contribution in [3.05, 3.63) is 50.6 Å². The van der Waals surface area contributed by atoms with Crippen molar-refractivity contribution in [1.29, 1.82) is 0 Å². The molecular weight excluding hydrogens is 320 g/mol. The van der Waals surface area contributed by atoms with Gasteiger partial charge in [-0.25, -0.2) is 0 Å². The Hall–Kier alpha value is -0.510. The Kier molecular flexibility index (Phi) is 4.48. The Bertz CT molecular complexity index is 498. The molecule has 2 aromatic rings. The number of thiophene rings is 1. The van der Waals surface area contributed by atoms with E-state index in [1.807, 2.05) is 23.6 Å². The number of rotatable bonds is 4. The topological polar surface area (TPSA) is 9.23 Å². The van der Waals surface area contributed by atoms with Crippen LogP contribution in [-0.2, 0) is 6.42 Å². The zero-order valence-corrected chi connectivity index (χ0v) is 12.5. The molecule has 1 atom stereocenters. The highest BCUT2D eigenvalue weighted by Crippen LogP contribution is 2.36. The average molecular weight is 332 g/mol. The van der Waals surface area contributed by atoms with Gasteiger partial charge in [-0.2, -0.15) is 0 Å². The van der Waals surface area contributed by atoms with Crippen LogP contribution in [-0.4, -0.2) is 7.11 Å². The van der Waals surface area contributed by atoms with Gasteiger partial charge in [0.25, 0.3) is 0 Å². The molecule has 0 aliphatic rings. The van der Waals surface area contributed by atoms with Crippen molar-refractivity contribution in [2.75, 3.05) is 7.11 Å². The predicted octanol–water partition coefficient (Wildman–Crippen LogP) is 5.04. The standard InChI is InChI=1S/C13H12BrClOS/c1-16-12-5-6-17-13(12)11(15)8-9-3-2-4-10(14)7-9/h2-7,11H,8H2,1H3. The lowest BCUT2D eigenvalue weighted by molar-refractivity contribution is 0.412. The molecule has 0 bridgehead atoms. The molecule has 0 saturated heterocycles. The van der Waals surface area contributed by atoms with Crippen LogP contribution in [0.4, 0.5) is 0 Å². The first-order valence-corrected chi connectivity index (χ1v) is 7.31. The molecule has 1 aromatic carbocycles. The van der Waals surface area contributed by atoms with Crippen molar-refractivity contribution in [3.8, 4) is 5.75 Å². The van der Waals surface area contributed by atoms with Crippen LogP contribution in [0, 0.1) is 0 Å². The van der Waals surface area contributed by atoms with Crippen LogP contribution in [0.3, 0.4) is 0 Å². The van der Waals surface area contributed by atoms with Crippen molar-refractivity contribution in [1.82, 2.24) is 0 Å². The monoisotopic (exact) mass is 330 g/mol. The van der Waals surface area contributed by atoms with E-state index < -0.39 is 0 Å². The third-order valence-corrected chi connectivity index (χ3v) is 4.47. The molecule has 0 fully saturated rings. The second-order valence-corrected chi connectivity index (χ2v) is 6.05. The van der Waals surface area contributed by atoms with Gasteiger partial charge in [-0.3, -0.25) is 0 Å². The first-order chi connectivity index (χ1) is 8.20. The SMILES string of the molecule is COc1ccsc1C(Cl)Cc1cccc(Br)c1. The van der Waals surface area contributed by atoms with Crippen LogP contribution < -0.4 is 4.74 Å². The molecule has 0 aliphatic carbocycles. The van der Waals surface area contributed by atoms with Gasteiger partial charge in [0.15, 0.2) is 0 Å². The summed E-state index contributed by atoms with van der Waals surface area (Å²) < 4.78 is 6.37. The molecule has 4 heteroatoms. The van der Waals surface area contributed by atoms with E-state index in [1.165, 1.54) is 5.56 Å². The summed E-state index contributed by atoms with van der Waals surface area (Å²) >= 11 is 11.5. The highest BCUT2D eigenvalue weighted by molar-refractivity contribution is 9.10. The Morgan fingerprint density at radius 3 is 2.94 bits per heavy atom. The molecule has 1 heterocycles.